The highest BCUT2D eigenvalue weighted by molar-refractivity contribution is 5.77. The largest absolute Gasteiger partial charge is 0.377 e. The van der Waals surface area contributed by atoms with Gasteiger partial charge in [-0.2, -0.15) is 0 Å². The molecule has 4 nitrogen and oxygen atoms in total. The average Bonchev–Trinajstić information content (AvgIpc) is 2.44. The van der Waals surface area contributed by atoms with Gasteiger partial charge in [0.1, 0.15) is 0 Å². The lowest BCUT2D eigenvalue weighted by Crippen LogP contribution is -2.34. The summed E-state index contributed by atoms with van der Waals surface area (Å²) in [6.45, 7) is 7.13. The Morgan fingerprint density at radius 1 is 1.21 bits per heavy atom. The Labute approximate surface area is 115 Å². The second kappa shape index (κ2) is 9.53. The molecular weight excluding hydrogens is 240 g/mol. The molecule has 0 heterocycles. The van der Waals surface area contributed by atoms with Crippen molar-refractivity contribution in [3.8, 4) is 0 Å². The van der Waals surface area contributed by atoms with Crippen LogP contribution in [0.5, 0.6) is 0 Å². The summed E-state index contributed by atoms with van der Waals surface area (Å²) in [6.07, 6.45) is 0.961. The van der Waals surface area contributed by atoms with Crippen molar-refractivity contribution in [2.24, 2.45) is 0 Å². The highest BCUT2D eigenvalue weighted by Crippen LogP contribution is 2.09. The second-order valence-corrected chi connectivity index (χ2v) is 4.36. The molecule has 0 fully saturated rings. The number of amides is 1. The summed E-state index contributed by atoms with van der Waals surface area (Å²) in [5.41, 5.74) is 2.35. The molecule has 1 amide bonds. The Hall–Kier alpha value is -1.39. The van der Waals surface area contributed by atoms with Gasteiger partial charge in [0.2, 0.25) is 5.91 Å². The van der Waals surface area contributed by atoms with E-state index in [0.29, 0.717) is 26.3 Å². The number of benzene rings is 1. The van der Waals surface area contributed by atoms with Gasteiger partial charge < -0.3 is 15.4 Å². The first-order valence-corrected chi connectivity index (χ1v) is 6.89. The molecule has 0 aliphatic heterocycles. The summed E-state index contributed by atoms with van der Waals surface area (Å²) in [5, 5.41) is 6.00. The van der Waals surface area contributed by atoms with Crippen LogP contribution in [-0.2, 0) is 22.7 Å². The molecule has 1 aromatic rings. The molecule has 1 aromatic carbocycles. The van der Waals surface area contributed by atoms with Gasteiger partial charge >= 0.3 is 0 Å². The van der Waals surface area contributed by atoms with Crippen molar-refractivity contribution in [3.63, 3.8) is 0 Å². The molecule has 2 N–H and O–H groups in total. The number of hydrogen-bond donors (Lipinski definition) is 2. The molecule has 0 aliphatic carbocycles. The van der Waals surface area contributed by atoms with E-state index in [9.17, 15) is 4.79 Å². The molecule has 0 atom stereocenters. The summed E-state index contributed by atoms with van der Waals surface area (Å²) in [7, 11) is 0. The number of nitrogens with one attached hydrogen (secondary N) is 2. The van der Waals surface area contributed by atoms with Crippen LogP contribution < -0.4 is 10.6 Å². The van der Waals surface area contributed by atoms with Crippen LogP contribution in [0.4, 0.5) is 0 Å². The van der Waals surface area contributed by atoms with Gasteiger partial charge in [-0.15, -0.1) is 0 Å². The Morgan fingerprint density at radius 2 is 1.95 bits per heavy atom. The van der Waals surface area contributed by atoms with Crippen molar-refractivity contribution in [2.75, 3.05) is 19.7 Å². The fraction of sp³-hybridized carbons (Fsp3) is 0.533. The van der Waals surface area contributed by atoms with Crippen LogP contribution in [0, 0.1) is 0 Å². The highest BCUT2D eigenvalue weighted by atomic mass is 16.5. The fourth-order valence-corrected chi connectivity index (χ4v) is 1.72. The molecule has 0 radical (unpaired) electrons. The lowest BCUT2D eigenvalue weighted by Gasteiger charge is -2.10. The highest BCUT2D eigenvalue weighted by Gasteiger charge is 2.03. The van der Waals surface area contributed by atoms with Gasteiger partial charge in [-0.25, -0.2) is 0 Å². The molecule has 1 rings (SSSR count). The number of ether oxygens (including phenoxy) is 1. The maximum Gasteiger partial charge on any atom is 0.233 e. The third-order valence-corrected chi connectivity index (χ3v) is 2.75. The summed E-state index contributed by atoms with van der Waals surface area (Å²) in [5.74, 6) is 0.0455. The average molecular weight is 264 g/mol. The first-order valence-electron chi connectivity index (χ1n) is 6.89. The molecule has 0 spiro atoms. The van der Waals surface area contributed by atoms with E-state index in [1.54, 1.807) is 0 Å². The Balaban J connectivity index is 2.37. The van der Waals surface area contributed by atoms with Gasteiger partial charge in [0.15, 0.2) is 0 Å². The monoisotopic (exact) mass is 264 g/mol. The van der Waals surface area contributed by atoms with E-state index in [1.165, 1.54) is 11.1 Å². The normalized spacial score (nSPS) is 10.4. The summed E-state index contributed by atoms with van der Waals surface area (Å²) in [6, 6.07) is 8.13. The number of rotatable bonds is 9. The molecule has 0 aliphatic rings. The SMILES string of the molecule is CCCNC(=O)CNCc1ccccc1COCC. The van der Waals surface area contributed by atoms with E-state index in [-0.39, 0.29) is 5.91 Å². The molecule has 0 saturated carbocycles. The first-order chi connectivity index (χ1) is 9.27. The molecular formula is C15H24N2O2. The second-order valence-electron chi connectivity index (χ2n) is 4.36. The maximum atomic E-state index is 11.5. The third kappa shape index (κ3) is 6.36. The molecule has 0 aromatic heterocycles. The van der Waals surface area contributed by atoms with Crippen molar-refractivity contribution >= 4 is 5.91 Å². The van der Waals surface area contributed by atoms with Crippen LogP contribution in [0.3, 0.4) is 0 Å². The predicted molar refractivity (Wildman–Crippen MR) is 76.8 cm³/mol. The van der Waals surface area contributed by atoms with Crippen LogP contribution in [0.15, 0.2) is 24.3 Å². The number of carbonyl (C=O) groups excluding carboxylic acids is 1. The summed E-state index contributed by atoms with van der Waals surface area (Å²) < 4.78 is 5.43. The molecule has 19 heavy (non-hydrogen) atoms. The van der Waals surface area contributed by atoms with Gasteiger partial charge in [0.05, 0.1) is 13.2 Å². The van der Waals surface area contributed by atoms with Crippen LogP contribution in [0.2, 0.25) is 0 Å². The van der Waals surface area contributed by atoms with E-state index in [0.717, 1.165) is 13.0 Å². The lowest BCUT2D eigenvalue weighted by atomic mass is 10.1. The Kier molecular flexibility index (Phi) is 7.86. The topological polar surface area (TPSA) is 50.4 Å². The predicted octanol–water partition coefficient (Wildman–Crippen LogP) is 1.84. The van der Waals surface area contributed by atoms with E-state index in [1.807, 2.05) is 26.0 Å². The van der Waals surface area contributed by atoms with Crippen LogP contribution in [-0.4, -0.2) is 25.6 Å². The molecule has 106 valence electrons. The van der Waals surface area contributed by atoms with Crippen LogP contribution >= 0.6 is 0 Å². The van der Waals surface area contributed by atoms with Gasteiger partial charge in [0, 0.05) is 19.7 Å². The minimum absolute atomic E-state index is 0.0455. The molecule has 0 bridgehead atoms. The molecule has 0 saturated heterocycles. The van der Waals surface area contributed by atoms with Crippen LogP contribution in [0.1, 0.15) is 31.4 Å². The standard InChI is InChI=1S/C15H24N2O2/c1-3-9-17-15(18)11-16-10-13-7-5-6-8-14(13)12-19-4-2/h5-8,16H,3-4,9-12H2,1-2H3,(H,17,18). The van der Waals surface area contributed by atoms with Crippen LogP contribution in [0.25, 0.3) is 0 Å². The smallest absolute Gasteiger partial charge is 0.233 e. The minimum Gasteiger partial charge on any atom is -0.377 e. The van der Waals surface area contributed by atoms with E-state index in [4.69, 9.17) is 4.74 Å². The first kappa shape index (κ1) is 15.7. The van der Waals surface area contributed by atoms with Crippen molar-refractivity contribution < 1.29 is 9.53 Å². The lowest BCUT2D eigenvalue weighted by molar-refractivity contribution is -0.120. The Morgan fingerprint density at radius 3 is 2.63 bits per heavy atom. The van der Waals surface area contributed by atoms with E-state index >= 15 is 0 Å². The zero-order chi connectivity index (χ0) is 13.9. The minimum atomic E-state index is 0.0455. The maximum absolute atomic E-state index is 11.5. The zero-order valence-electron chi connectivity index (χ0n) is 11.9. The Bertz CT molecular complexity index is 380. The number of hydrogen-bond acceptors (Lipinski definition) is 3. The quantitative estimate of drug-likeness (QED) is 0.715. The van der Waals surface area contributed by atoms with Crippen molar-refractivity contribution in [3.05, 3.63) is 35.4 Å². The summed E-state index contributed by atoms with van der Waals surface area (Å²) >= 11 is 0. The summed E-state index contributed by atoms with van der Waals surface area (Å²) in [4.78, 5) is 11.5. The van der Waals surface area contributed by atoms with Gasteiger partial charge in [-0.05, 0) is 24.5 Å². The third-order valence-electron chi connectivity index (χ3n) is 2.75. The molecule has 0 unspecified atom stereocenters. The zero-order valence-corrected chi connectivity index (χ0v) is 11.9. The van der Waals surface area contributed by atoms with Gasteiger partial charge in [-0.1, -0.05) is 31.2 Å². The van der Waals surface area contributed by atoms with E-state index < -0.39 is 0 Å². The molecule has 4 heteroatoms. The van der Waals surface area contributed by atoms with Crippen molar-refractivity contribution in [1.29, 1.82) is 0 Å². The van der Waals surface area contributed by atoms with Gasteiger partial charge in [0.25, 0.3) is 0 Å². The van der Waals surface area contributed by atoms with E-state index in [2.05, 4.69) is 22.8 Å². The number of carbonyl (C=O) groups is 1. The fourth-order valence-electron chi connectivity index (χ4n) is 1.72. The van der Waals surface area contributed by atoms with Crippen molar-refractivity contribution in [2.45, 2.75) is 33.4 Å². The van der Waals surface area contributed by atoms with Gasteiger partial charge in [-0.3, -0.25) is 4.79 Å². The van der Waals surface area contributed by atoms with Crippen molar-refractivity contribution in [1.82, 2.24) is 10.6 Å².